The molecule has 2 aromatic carbocycles. The van der Waals surface area contributed by atoms with Gasteiger partial charge in [0.05, 0.1) is 7.11 Å². The highest BCUT2D eigenvalue weighted by Crippen LogP contribution is 2.32. The van der Waals surface area contributed by atoms with E-state index in [2.05, 4.69) is 72.4 Å². The van der Waals surface area contributed by atoms with Gasteiger partial charge in [-0.1, -0.05) is 42.8 Å². The molecule has 190 valence electrons. The van der Waals surface area contributed by atoms with Crippen LogP contribution in [0.15, 0.2) is 71.5 Å². The van der Waals surface area contributed by atoms with E-state index in [1.807, 2.05) is 24.3 Å². The zero-order valence-corrected chi connectivity index (χ0v) is 22.5. The fourth-order valence-electron chi connectivity index (χ4n) is 4.57. The molecule has 0 bridgehead atoms. The summed E-state index contributed by atoms with van der Waals surface area (Å²) < 4.78 is 6.12. The number of piperazine rings is 1. The number of para-hydroxylation sites is 1. The molecule has 6 nitrogen and oxygen atoms in total. The molecule has 1 fully saturated rings. The van der Waals surface area contributed by atoms with Crippen molar-refractivity contribution in [2.45, 2.75) is 32.2 Å². The molecular formula is C29H35BrN4O2. The van der Waals surface area contributed by atoms with Crippen molar-refractivity contribution in [3.63, 3.8) is 0 Å². The van der Waals surface area contributed by atoms with E-state index in [4.69, 9.17) is 4.74 Å². The number of rotatable bonds is 11. The van der Waals surface area contributed by atoms with Gasteiger partial charge in [-0.3, -0.25) is 9.69 Å². The van der Waals surface area contributed by atoms with Crippen LogP contribution in [0.5, 0.6) is 5.75 Å². The normalized spacial score (nSPS) is 14.0. The summed E-state index contributed by atoms with van der Waals surface area (Å²) in [6.45, 7) is 5.82. The standard InChI is InChI=1S/C29H35BrN4O2/c1-36-25-13-11-24(12-14-25)26-7-4-5-8-27(26)34-19-17-33(18-20-34)16-6-2-3-9-29(35)32-22-23-10-15-28(30)31-21-23/h4-5,7-8,10-15,21H,2-3,6,9,16-20,22H2,1H3,(H,32,35). The number of nitrogens with zero attached hydrogens (tertiary/aromatic N) is 3. The topological polar surface area (TPSA) is 57.7 Å². The van der Waals surface area contributed by atoms with E-state index in [-0.39, 0.29) is 5.91 Å². The molecule has 1 N–H and O–H groups in total. The Balaban J connectivity index is 1.15. The number of unbranched alkanes of at least 4 members (excludes halogenated alkanes) is 2. The molecular weight excluding hydrogens is 516 g/mol. The number of aromatic nitrogens is 1. The number of hydrogen-bond donors (Lipinski definition) is 1. The van der Waals surface area contributed by atoms with Crippen molar-refractivity contribution < 1.29 is 9.53 Å². The number of hydrogen-bond acceptors (Lipinski definition) is 5. The van der Waals surface area contributed by atoms with E-state index in [0.29, 0.717) is 13.0 Å². The SMILES string of the molecule is COc1ccc(-c2ccccc2N2CCN(CCCCCC(=O)NCc3ccc(Br)nc3)CC2)cc1. The van der Waals surface area contributed by atoms with Crippen LogP contribution in [0, 0.1) is 0 Å². The van der Waals surface area contributed by atoms with E-state index in [1.54, 1.807) is 13.3 Å². The second-order valence-electron chi connectivity index (χ2n) is 9.15. The summed E-state index contributed by atoms with van der Waals surface area (Å²) >= 11 is 3.32. The molecule has 4 rings (SSSR count). The highest BCUT2D eigenvalue weighted by Gasteiger charge is 2.19. The van der Waals surface area contributed by atoms with Gasteiger partial charge >= 0.3 is 0 Å². The highest BCUT2D eigenvalue weighted by atomic mass is 79.9. The van der Waals surface area contributed by atoms with E-state index < -0.39 is 0 Å². The van der Waals surface area contributed by atoms with Gasteiger partial charge in [0, 0.05) is 56.6 Å². The third kappa shape index (κ3) is 7.55. The molecule has 2 heterocycles. The van der Waals surface area contributed by atoms with Crippen LogP contribution in [0.25, 0.3) is 11.1 Å². The molecule has 1 amide bonds. The third-order valence-electron chi connectivity index (χ3n) is 6.67. The zero-order valence-electron chi connectivity index (χ0n) is 21.0. The van der Waals surface area contributed by atoms with Crippen molar-refractivity contribution in [1.29, 1.82) is 0 Å². The predicted molar refractivity (Wildman–Crippen MR) is 149 cm³/mol. The number of amides is 1. The lowest BCUT2D eigenvalue weighted by Gasteiger charge is -2.37. The minimum Gasteiger partial charge on any atom is -0.497 e. The molecule has 0 aliphatic carbocycles. The first-order valence-corrected chi connectivity index (χ1v) is 13.5. The molecule has 7 heteroatoms. The molecule has 3 aromatic rings. The van der Waals surface area contributed by atoms with Crippen LogP contribution in [0.3, 0.4) is 0 Å². The van der Waals surface area contributed by atoms with Crippen molar-refractivity contribution in [2.75, 3.05) is 44.7 Å². The van der Waals surface area contributed by atoms with Crippen molar-refractivity contribution in [1.82, 2.24) is 15.2 Å². The summed E-state index contributed by atoms with van der Waals surface area (Å²) in [4.78, 5) is 21.4. The summed E-state index contributed by atoms with van der Waals surface area (Å²) in [5.74, 6) is 0.991. The van der Waals surface area contributed by atoms with Gasteiger partial charge in [0.15, 0.2) is 0 Å². The van der Waals surface area contributed by atoms with Gasteiger partial charge in [-0.15, -0.1) is 0 Å². The van der Waals surface area contributed by atoms with Gasteiger partial charge < -0.3 is 15.0 Å². The average molecular weight is 552 g/mol. The maximum absolute atomic E-state index is 12.1. The molecule has 1 aliphatic heterocycles. The van der Waals surface area contributed by atoms with Crippen LogP contribution >= 0.6 is 15.9 Å². The number of halogens is 1. The predicted octanol–water partition coefficient (Wildman–Crippen LogP) is 5.52. The molecule has 0 spiro atoms. The van der Waals surface area contributed by atoms with Crippen LogP contribution in [0.1, 0.15) is 31.2 Å². The molecule has 1 aliphatic rings. The minimum absolute atomic E-state index is 0.113. The molecule has 0 saturated carbocycles. The third-order valence-corrected chi connectivity index (χ3v) is 7.14. The molecule has 0 radical (unpaired) electrons. The average Bonchev–Trinajstić information content (AvgIpc) is 2.93. The lowest BCUT2D eigenvalue weighted by atomic mass is 10.0. The Morgan fingerprint density at radius 1 is 0.972 bits per heavy atom. The van der Waals surface area contributed by atoms with Gasteiger partial charge in [-0.25, -0.2) is 4.98 Å². The van der Waals surface area contributed by atoms with Gasteiger partial charge in [-0.2, -0.15) is 0 Å². The van der Waals surface area contributed by atoms with Crippen LogP contribution in [0.2, 0.25) is 0 Å². The fraction of sp³-hybridized carbons (Fsp3) is 0.379. The number of methoxy groups -OCH3 is 1. The molecule has 0 unspecified atom stereocenters. The van der Waals surface area contributed by atoms with Gasteiger partial charge in [-0.05, 0) is 70.7 Å². The number of pyridine rings is 1. The number of carbonyl (C=O) groups excluding carboxylic acids is 1. The first-order chi connectivity index (χ1) is 17.6. The minimum atomic E-state index is 0.113. The number of ether oxygens (including phenoxy) is 1. The quantitative estimate of drug-likeness (QED) is 0.251. The number of anilines is 1. The highest BCUT2D eigenvalue weighted by molar-refractivity contribution is 9.10. The summed E-state index contributed by atoms with van der Waals surface area (Å²) in [6, 6.07) is 20.8. The number of benzene rings is 2. The summed E-state index contributed by atoms with van der Waals surface area (Å²) in [7, 11) is 1.70. The number of nitrogens with one attached hydrogen (secondary N) is 1. The maximum Gasteiger partial charge on any atom is 0.220 e. The van der Waals surface area contributed by atoms with Gasteiger partial charge in [0.1, 0.15) is 10.4 Å². The van der Waals surface area contributed by atoms with Gasteiger partial charge in [0.2, 0.25) is 5.91 Å². The summed E-state index contributed by atoms with van der Waals surface area (Å²) in [5, 5.41) is 2.98. The lowest BCUT2D eigenvalue weighted by Crippen LogP contribution is -2.46. The van der Waals surface area contributed by atoms with E-state index in [0.717, 1.165) is 67.9 Å². The van der Waals surface area contributed by atoms with Gasteiger partial charge in [0.25, 0.3) is 0 Å². The van der Waals surface area contributed by atoms with Crippen molar-refractivity contribution in [3.05, 3.63) is 77.0 Å². The molecule has 0 atom stereocenters. The molecule has 1 saturated heterocycles. The van der Waals surface area contributed by atoms with Crippen LogP contribution in [-0.2, 0) is 11.3 Å². The first kappa shape index (κ1) is 26.2. The Bertz CT molecular complexity index is 1100. The van der Waals surface area contributed by atoms with E-state index in [9.17, 15) is 4.79 Å². The molecule has 1 aromatic heterocycles. The van der Waals surface area contributed by atoms with Crippen molar-refractivity contribution in [3.8, 4) is 16.9 Å². The van der Waals surface area contributed by atoms with E-state index in [1.165, 1.54) is 16.8 Å². The van der Waals surface area contributed by atoms with Crippen LogP contribution in [-0.4, -0.2) is 55.6 Å². The summed E-state index contributed by atoms with van der Waals surface area (Å²) in [6.07, 6.45) is 5.50. The zero-order chi connectivity index (χ0) is 25.2. The first-order valence-electron chi connectivity index (χ1n) is 12.7. The fourth-order valence-corrected chi connectivity index (χ4v) is 4.81. The van der Waals surface area contributed by atoms with Crippen LogP contribution < -0.4 is 15.0 Å². The smallest absolute Gasteiger partial charge is 0.220 e. The Hall–Kier alpha value is -2.90. The molecule has 36 heavy (non-hydrogen) atoms. The monoisotopic (exact) mass is 550 g/mol. The largest absolute Gasteiger partial charge is 0.497 e. The maximum atomic E-state index is 12.1. The second-order valence-corrected chi connectivity index (χ2v) is 9.96. The van der Waals surface area contributed by atoms with E-state index >= 15 is 0 Å². The lowest BCUT2D eigenvalue weighted by molar-refractivity contribution is -0.121. The summed E-state index contributed by atoms with van der Waals surface area (Å²) in [5.41, 5.74) is 4.79. The Morgan fingerprint density at radius 2 is 1.75 bits per heavy atom. The van der Waals surface area contributed by atoms with Crippen molar-refractivity contribution in [2.24, 2.45) is 0 Å². The Labute approximate surface area is 222 Å². The Morgan fingerprint density at radius 3 is 2.47 bits per heavy atom. The Kier molecular flexibility index (Phi) is 9.76. The second kappa shape index (κ2) is 13.4. The van der Waals surface area contributed by atoms with Crippen molar-refractivity contribution >= 4 is 27.5 Å². The van der Waals surface area contributed by atoms with Crippen LogP contribution in [0.4, 0.5) is 5.69 Å². The number of carbonyl (C=O) groups is 1.